The zero-order valence-electron chi connectivity index (χ0n) is 13.6. The third-order valence-corrected chi connectivity index (χ3v) is 4.98. The minimum absolute atomic E-state index is 0.144. The summed E-state index contributed by atoms with van der Waals surface area (Å²) >= 11 is 0. The lowest BCUT2D eigenvalue weighted by Crippen LogP contribution is -2.52. The van der Waals surface area contributed by atoms with Crippen LogP contribution in [0.1, 0.15) is 37.8 Å². The standard InChI is InChI=1S/C18H28FN3/c1-15-13-22(12-9-20-15)18(14-21-10-3-2-4-11-21)16-5-7-17(19)8-6-16/h5-8,15,18,20H,2-4,9-14H2,1H3. The summed E-state index contributed by atoms with van der Waals surface area (Å²) in [4.78, 5) is 5.16. The van der Waals surface area contributed by atoms with Gasteiger partial charge >= 0.3 is 0 Å². The number of rotatable bonds is 4. The van der Waals surface area contributed by atoms with Gasteiger partial charge in [0.05, 0.1) is 0 Å². The normalized spacial score (nSPS) is 26.0. The molecule has 2 aliphatic heterocycles. The van der Waals surface area contributed by atoms with Crippen LogP contribution in [0, 0.1) is 5.82 Å². The van der Waals surface area contributed by atoms with Crippen LogP contribution in [0.25, 0.3) is 0 Å². The van der Waals surface area contributed by atoms with E-state index in [4.69, 9.17) is 0 Å². The van der Waals surface area contributed by atoms with Crippen molar-refractivity contribution in [3.63, 3.8) is 0 Å². The molecule has 0 amide bonds. The average molecular weight is 305 g/mol. The Morgan fingerprint density at radius 3 is 2.55 bits per heavy atom. The van der Waals surface area contributed by atoms with Crippen molar-refractivity contribution in [1.82, 2.24) is 15.1 Å². The summed E-state index contributed by atoms with van der Waals surface area (Å²) < 4.78 is 13.3. The number of piperidine rings is 1. The first-order chi connectivity index (χ1) is 10.7. The summed E-state index contributed by atoms with van der Waals surface area (Å²) in [5, 5.41) is 3.52. The molecule has 2 fully saturated rings. The van der Waals surface area contributed by atoms with E-state index in [2.05, 4.69) is 22.0 Å². The lowest BCUT2D eigenvalue weighted by molar-refractivity contribution is 0.100. The molecule has 2 atom stereocenters. The number of benzene rings is 1. The van der Waals surface area contributed by atoms with Gasteiger partial charge in [-0.1, -0.05) is 18.6 Å². The van der Waals surface area contributed by atoms with Crippen LogP contribution in [-0.4, -0.2) is 55.1 Å². The molecule has 0 radical (unpaired) electrons. The molecule has 2 unspecified atom stereocenters. The Bertz CT molecular complexity index is 456. The molecule has 2 heterocycles. The van der Waals surface area contributed by atoms with Crippen LogP contribution >= 0.6 is 0 Å². The van der Waals surface area contributed by atoms with Gasteiger partial charge in [0.25, 0.3) is 0 Å². The SMILES string of the molecule is CC1CN(C(CN2CCCCC2)c2ccc(F)cc2)CCN1. The zero-order chi connectivity index (χ0) is 15.4. The molecule has 3 nitrogen and oxygen atoms in total. The molecule has 4 heteroatoms. The summed E-state index contributed by atoms with van der Waals surface area (Å²) in [7, 11) is 0. The van der Waals surface area contributed by atoms with Crippen molar-refractivity contribution in [1.29, 1.82) is 0 Å². The van der Waals surface area contributed by atoms with Crippen LogP contribution in [0.4, 0.5) is 4.39 Å². The Labute approximate surface area is 133 Å². The average Bonchev–Trinajstić information content (AvgIpc) is 2.55. The van der Waals surface area contributed by atoms with Crippen LogP contribution in [-0.2, 0) is 0 Å². The summed E-state index contributed by atoms with van der Waals surface area (Å²) in [6.07, 6.45) is 3.99. The molecule has 2 aliphatic rings. The van der Waals surface area contributed by atoms with Crippen molar-refractivity contribution >= 4 is 0 Å². The molecule has 1 N–H and O–H groups in total. The fraction of sp³-hybridized carbons (Fsp3) is 0.667. The van der Waals surface area contributed by atoms with Crippen molar-refractivity contribution in [2.75, 3.05) is 39.3 Å². The molecule has 0 saturated carbocycles. The summed E-state index contributed by atoms with van der Waals surface area (Å²) in [6, 6.07) is 8.04. The van der Waals surface area contributed by atoms with Gasteiger partial charge < -0.3 is 10.2 Å². The molecular formula is C18H28FN3. The highest BCUT2D eigenvalue weighted by molar-refractivity contribution is 5.21. The van der Waals surface area contributed by atoms with E-state index >= 15 is 0 Å². The van der Waals surface area contributed by atoms with Crippen molar-refractivity contribution in [2.45, 2.75) is 38.3 Å². The fourth-order valence-corrected chi connectivity index (χ4v) is 3.75. The van der Waals surface area contributed by atoms with Crippen LogP contribution in [0.15, 0.2) is 24.3 Å². The van der Waals surface area contributed by atoms with Crippen LogP contribution in [0.5, 0.6) is 0 Å². The maximum atomic E-state index is 13.3. The van der Waals surface area contributed by atoms with Crippen molar-refractivity contribution < 1.29 is 4.39 Å². The summed E-state index contributed by atoms with van der Waals surface area (Å²) in [5.41, 5.74) is 1.25. The highest BCUT2D eigenvalue weighted by atomic mass is 19.1. The minimum atomic E-state index is -0.144. The number of nitrogens with zero attached hydrogens (tertiary/aromatic N) is 2. The molecule has 0 spiro atoms. The summed E-state index contributed by atoms with van der Waals surface area (Å²) in [6.45, 7) is 8.90. The third-order valence-electron chi connectivity index (χ3n) is 4.98. The Morgan fingerprint density at radius 1 is 1.14 bits per heavy atom. The predicted molar refractivity (Wildman–Crippen MR) is 88.5 cm³/mol. The maximum Gasteiger partial charge on any atom is 0.123 e. The van der Waals surface area contributed by atoms with Gasteiger partial charge in [-0.25, -0.2) is 4.39 Å². The van der Waals surface area contributed by atoms with Gasteiger partial charge in [-0.05, 0) is 50.6 Å². The van der Waals surface area contributed by atoms with Gasteiger partial charge in [-0.3, -0.25) is 4.90 Å². The van der Waals surface area contributed by atoms with Crippen LogP contribution in [0.3, 0.4) is 0 Å². The second-order valence-corrected chi connectivity index (χ2v) is 6.78. The smallest absolute Gasteiger partial charge is 0.123 e. The summed E-state index contributed by atoms with van der Waals surface area (Å²) in [5.74, 6) is -0.144. The number of piperazine rings is 1. The molecule has 0 aromatic heterocycles. The van der Waals surface area contributed by atoms with Crippen molar-refractivity contribution in [3.8, 4) is 0 Å². The van der Waals surface area contributed by atoms with E-state index in [0.29, 0.717) is 12.1 Å². The first-order valence-corrected chi connectivity index (χ1v) is 8.67. The number of likely N-dealkylation sites (tertiary alicyclic amines) is 1. The second kappa shape index (κ2) is 7.53. The largest absolute Gasteiger partial charge is 0.312 e. The minimum Gasteiger partial charge on any atom is -0.312 e. The van der Waals surface area contributed by atoms with E-state index in [9.17, 15) is 4.39 Å². The van der Waals surface area contributed by atoms with E-state index in [1.165, 1.54) is 37.9 Å². The molecule has 2 saturated heterocycles. The van der Waals surface area contributed by atoms with E-state index < -0.39 is 0 Å². The van der Waals surface area contributed by atoms with Gasteiger partial charge in [0.15, 0.2) is 0 Å². The highest BCUT2D eigenvalue weighted by Crippen LogP contribution is 2.25. The van der Waals surface area contributed by atoms with Crippen LogP contribution < -0.4 is 5.32 Å². The quantitative estimate of drug-likeness (QED) is 0.922. The monoisotopic (exact) mass is 305 g/mol. The lowest BCUT2D eigenvalue weighted by Gasteiger charge is -2.41. The number of halogens is 1. The molecule has 3 rings (SSSR count). The highest BCUT2D eigenvalue weighted by Gasteiger charge is 2.27. The van der Waals surface area contributed by atoms with Gasteiger partial charge in [-0.15, -0.1) is 0 Å². The lowest BCUT2D eigenvalue weighted by atomic mass is 10.0. The van der Waals surface area contributed by atoms with E-state index in [-0.39, 0.29) is 5.82 Å². The topological polar surface area (TPSA) is 18.5 Å². The van der Waals surface area contributed by atoms with E-state index in [1.807, 2.05) is 12.1 Å². The zero-order valence-corrected chi connectivity index (χ0v) is 13.6. The third kappa shape index (κ3) is 4.06. The molecule has 0 aliphatic carbocycles. The van der Waals surface area contributed by atoms with Gasteiger partial charge in [-0.2, -0.15) is 0 Å². The van der Waals surface area contributed by atoms with Gasteiger partial charge in [0, 0.05) is 38.3 Å². The number of nitrogens with one attached hydrogen (secondary N) is 1. The van der Waals surface area contributed by atoms with Crippen molar-refractivity contribution in [2.24, 2.45) is 0 Å². The van der Waals surface area contributed by atoms with Crippen LogP contribution in [0.2, 0.25) is 0 Å². The van der Waals surface area contributed by atoms with Gasteiger partial charge in [0.1, 0.15) is 5.82 Å². The maximum absolute atomic E-state index is 13.3. The molecule has 1 aromatic rings. The fourth-order valence-electron chi connectivity index (χ4n) is 3.75. The Morgan fingerprint density at radius 2 is 1.86 bits per heavy atom. The predicted octanol–water partition coefficient (Wildman–Crippen LogP) is 2.65. The number of hydrogen-bond acceptors (Lipinski definition) is 3. The van der Waals surface area contributed by atoms with Crippen molar-refractivity contribution in [3.05, 3.63) is 35.6 Å². The number of hydrogen-bond donors (Lipinski definition) is 1. The Kier molecular flexibility index (Phi) is 5.45. The molecule has 1 aromatic carbocycles. The van der Waals surface area contributed by atoms with E-state index in [0.717, 1.165) is 26.2 Å². The second-order valence-electron chi connectivity index (χ2n) is 6.78. The molecule has 122 valence electrons. The Hall–Kier alpha value is -0.970. The van der Waals surface area contributed by atoms with E-state index in [1.54, 1.807) is 12.1 Å². The Balaban J connectivity index is 1.75. The molecule has 22 heavy (non-hydrogen) atoms. The van der Waals surface area contributed by atoms with Gasteiger partial charge in [0.2, 0.25) is 0 Å². The first-order valence-electron chi connectivity index (χ1n) is 8.67. The first kappa shape index (κ1) is 15.9. The molecular weight excluding hydrogens is 277 g/mol. The molecule has 0 bridgehead atoms.